The Hall–Kier alpha value is -2.63. The molecule has 0 amide bonds. The molecule has 3 fully saturated rings. The number of imidazole rings is 1. The number of ether oxygens (including phenoxy) is 2. The summed E-state index contributed by atoms with van der Waals surface area (Å²) in [5.74, 6) is 2.60. The molecule has 36 heavy (non-hydrogen) atoms. The van der Waals surface area contributed by atoms with E-state index in [9.17, 15) is 0 Å². The molecule has 0 aliphatic carbocycles. The quantitative estimate of drug-likeness (QED) is 0.410. The van der Waals surface area contributed by atoms with E-state index < -0.39 is 0 Å². The summed E-state index contributed by atoms with van der Waals surface area (Å²) in [7, 11) is 0. The number of aryl methyl sites for hydroxylation is 1. The van der Waals surface area contributed by atoms with E-state index in [0.29, 0.717) is 12.0 Å². The van der Waals surface area contributed by atoms with E-state index in [1.807, 2.05) is 36.5 Å². The number of rotatable bonds is 5. The molecule has 0 N–H and O–H groups in total. The number of para-hydroxylation sites is 2. The molecule has 1 aromatic carbocycles. The summed E-state index contributed by atoms with van der Waals surface area (Å²) in [5, 5.41) is 0. The van der Waals surface area contributed by atoms with Crippen LogP contribution >= 0.6 is 11.3 Å². The molecule has 0 bridgehead atoms. The Morgan fingerprint density at radius 2 is 1.67 bits per heavy atom. The zero-order valence-corrected chi connectivity index (χ0v) is 21.4. The van der Waals surface area contributed by atoms with Crippen molar-refractivity contribution in [2.75, 3.05) is 70.6 Å². The number of thiophene rings is 1. The molecule has 0 unspecified atom stereocenters. The van der Waals surface area contributed by atoms with E-state index in [4.69, 9.17) is 24.4 Å². The van der Waals surface area contributed by atoms with Gasteiger partial charge in [-0.25, -0.2) is 9.97 Å². The van der Waals surface area contributed by atoms with Crippen LogP contribution in [0.3, 0.4) is 0 Å². The molecule has 0 radical (unpaired) electrons. The maximum absolute atomic E-state index is 5.64. The van der Waals surface area contributed by atoms with Gasteiger partial charge in [-0.3, -0.25) is 14.4 Å². The minimum atomic E-state index is 0.663. The highest BCUT2D eigenvalue weighted by atomic mass is 32.1. The van der Waals surface area contributed by atoms with Gasteiger partial charge < -0.3 is 14.4 Å². The lowest BCUT2D eigenvalue weighted by molar-refractivity contribution is -0.0341. The molecule has 3 aliphatic heterocycles. The second kappa shape index (κ2) is 9.35. The monoisotopic (exact) mass is 505 g/mol. The maximum atomic E-state index is 5.64. The van der Waals surface area contributed by atoms with Crippen LogP contribution in [0.2, 0.25) is 0 Å². The van der Waals surface area contributed by atoms with E-state index in [0.717, 1.165) is 100 Å². The highest BCUT2D eigenvalue weighted by Gasteiger charge is 2.33. The predicted molar refractivity (Wildman–Crippen MR) is 141 cm³/mol. The summed E-state index contributed by atoms with van der Waals surface area (Å²) in [6.07, 6.45) is 0. The van der Waals surface area contributed by atoms with Crippen LogP contribution in [0, 0.1) is 6.92 Å². The Labute approximate surface area is 214 Å². The number of fused-ring (bicyclic) bond motifs is 2. The molecule has 9 nitrogen and oxygen atoms in total. The topological polar surface area (TPSA) is 71.8 Å². The first-order valence-electron chi connectivity index (χ1n) is 12.8. The smallest absolute Gasteiger partial charge is 0.238 e. The van der Waals surface area contributed by atoms with Gasteiger partial charge in [0.2, 0.25) is 5.95 Å². The van der Waals surface area contributed by atoms with E-state index in [2.05, 4.69) is 31.4 Å². The molecule has 3 saturated heterocycles. The molecule has 0 atom stereocenters. The molecule has 4 aromatic rings. The number of likely N-dealkylation sites (tertiary alicyclic amines) is 1. The van der Waals surface area contributed by atoms with Gasteiger partial charge >= 0.3 is 0 Å². The van der Waals surface area contributed by atoms with E-state index >= 15 is 0 Å². The van der Waals surface area contributed by atoms with Gasteiger partial charge in [0.05, 0.1) is 47.7 Å². The van der Waals surface area contributed by atoms with E-state index in [-0.39, 0.29) is 0 Å². The van der Waals surface area contributed by atoms with Gasteiger partial charge in [-0.15, -0.1) is 11.3 Å². The first kappa shape index (κ1) is 22.6. The Kier molecular flexibility index (Phi) is 5.86. The summed E-state index contributed by atoms with van der Waals surface area (Å²) in [6.45, 7) is 12.2. The molecular weight excluding hydrogens is 474 g/mol. The molecule has 0 saturated carbocycles. The largest absolute Gasteiger partial charge is 0.379 e. The lowest BCUT2D eigenvalue weighted by Gasteiger charge is -2.46. The Morgan fingerprint density at radius 3 is 2.47 bits per heavy atom. The van der Waals surface area contributed by atoms with Crippen LogP contribution in [0.25, 0.3) is 27.2 Å². The number of anilines is 1. The average molecular weight is 506 g/mol. The van der Waals surface area contributed by atoms with E-state index in [1.54, 1.807) is 0 Å². The molecule has 3 aromatic heterocycles. The zero-order chi connectivity index (χ0) is 24.1. The van der Waals surface area contributed by atoms with Crippen LogP contribution < -0.4 is 4.90 Å². The third kappa shape index (κ3) is 4.06. The van der Waals surface area contributed by atoms with Crippen LogP contribution in [0.1, 0.15) is 10.7 Å². The second-order valence-electron chi connectivity index (χ2n) is 9.85. The fourth-order valence-electron chi connectivity index (χ4n) is 5.58. The van der Waals surface area contributed by atoms with Crippen LogP contribution in [-0.2, 0) is 16.0 Å². The van der Waals surface area contributed by atoms with Gasteiger partial charge in [0.1, 0.15) is 5.82 Å². The van der Waals surface area contributed by atoms with Crippen molar-refractivity contribution in [3.8, 4) is 5.95 Å². The van der Waals surface area contributed by atoms with Crippen molar-refractivity contribution in [2.24, 2.45) is 0 Å². The first-order chi connectivity index (χ1) is 17.7. The Balaban J connectivity index is 1.22. The summed E-state index contributed by atoms with van der Waals surface area (Å²) in [4.78, 5) is 23.8. The second-order valence-corrected chi connectivity index (χ2v) is 11.0. The van der Waals surface area contributed by atoms with Crippen LogP contribution in [0.5, 0.6) is 0 Å². The van der Waals surface area contributed by atoms with Gasteiger partial charge in [-0.2, -0.15) is 4.98 Å². The highest BCUT2D eigenvalue weighted by Crippen LogP contribution is 2.35. The van der Waals surface area contributed by atoms with Gasteiger partial charge in [0.15, 0.2) is 5.82 Å². The van der Waals surface area contributed by atoms with Gasteiger partial charge in [-0.1, -0.05) is 12.1 Å². The maximum Gasteiger partial charge on any atom is 0.238 e. The van der Waals surface area contributed by atoms with Crippen molar-refractivity contribution in [3.63, 3.8) is 0 Å². The average Bonchev–Trinajstić information content (AvgIpc) is 3.45. The third-order valence-corrected chi connectivity index (χ3v) is 8.62. The molecule has 6 heterocycles. The molecule has 3 aliphatic rings. The number of hydrogen-bond donors (Lipinski definition) is 0. The normalized spacial score (nSPS) is 20.4. The Morgan fingerprint density at radius 1 is 0.917 bits per heavy atom. The van der Waals surface area contributed by atoms with Crippen molar-refractivity contribution >= 4 is 38.4 Å². The number of benzene rings is 1. The van der Waals surface area contributed by atoms with Crippen molar-refractivity contribution in [2.45, 2.75) is 19.5 Å². The highest BCUT2D eigenvalue weighted by molar-refractivity contribution is 7.19. The number of hydrogen-bond acceptors (Lipinski definition) is 9. The van der Waals surface area contributed by atoms with Crippen molar-refractivity contribution in [3.05, 3.63) is 41.0 Å². The van der Waals surface area contributed by atoms with Crippen molar-refractivity contribution in [1.29, 1.82) is 0 Å². The van der Waals surface area contributed by atoms with Crippen LogP contribution in [0.15, 0.2) is 30.3 Å². The summed E-state index contributed by atoms with van der Waals surface area (Å²) >= 11 is 1.84. The third-order valence-electron chi connectivity index (χ3n) is 7.51. The zero-order valence-electron chi connectivity index (χ0n) is 20.6. The van der Waals surface area contributed by atoms with Crippen molar-refractivity contribution in [1.82, 2.24) is 29.3 Å². The standard InChI is InChI=1S/C26H31N7O2S/c1-18-27-21-4-2-3-5-23(21)33(18)26-28-22-14-20(17-30-15-19(16-30)31-6-10-34-11-7-31)36-24(22)25(29-26)32-8-12-35-13-9-32/h2-5,14,19H,6-13,15-17H2,1H3. The first-order valence-corrected chi connectivity index (χ1v) is 13.7. The minimum absolute atomic E-state index is 0.663. The SMILES string of the molecule is Cc1nc2ccccc2n1-c1nc(N2CCOCC2)c2sc(CN3CC(N4CCOCC4)C3)cc2n1. The summed E-state index contributed by atoms with van der Waals surface area (Å²) in [6, 6.07) is 11.1. The van der Waals surface area contributed by atoms with Crippen LogP contribution in [0.4, 0.5) is 5.82 Å². The summed E-state index contributed by atoms with van der Waals surface area (Å²) in [5.41, 5.74) is 3.02. The summed E-state index contributed by atoms with van der Waals surface area (Å²) < 4.78 is 14.4. The molecule has 7 rings (SSSR count). The fraction of sp³-hybridized carbons (Fsp3) is 0.500. The molecule has 10 heteroatoms. The van der Waals surface area contributed by atoms with E-state index in [1.165, 1.54) is 9.58 Å². The molecular formula is C26H31N7O2S. The molecule has 188 valence electrons. The Bertz CT molecular complexity index is 1380. The van der Waals surface area contributed by atoms with Gasteiger partial charge in [0, 0.05) is 56.7 Å². The van der Waals surface area contributed by atoms with Crippen LogP contribution in [-0.4, -0.2) is 101 Å². The van der Waals surface area contributed by atoms with Crippen molar-refractivity contribution < 1.29 is 9.47 Å². The number of nitrogens with zero attached hydrogens (tertiary/aromatic N) is 7. The number of morpholine rings is 2. The molecule has 0 spiro atoms. The lowest BCUT2D eigenvalue weighted by atomic mass is 10.1. The van der Waals surface area contributed by atoms with Gasteiger partial charge in [-0.05, 0) is 25.1 Å². The van der Waals surface area contributed by atoms with Gasteiger partial charge in [0.25, 0.3) is 0 Å². The lowest BCUT2D eigenvalue weighted by Crippen LogP contribution is -2.60. The number of aromatic nitrogens is 4. The minimum Gasteiger partial charge on any atom is -0.379 e. The fourth-order valence-corrected chi connectivity index (χ4v) is 6.74. The predicted octanol–water partition coefficient (Wildman–Crippen LogP) is 2.69.